The number of hydrogen-bond acceptors (Lipinski definition) is 10. The number of benzene rings is 1. The van der Waals surface area contributed by atoms with Crippen molar-refractivity contribution in [2.45, 2.75) is 125 Å². The molecule has 1 aromatic carbocycles. The number of likely N-dealkylation sites (N-methyl/N-ethyl adjacent to an activating group) is 2. The van der Waals surface area contributed by atoms with E-state index in [0.29, 0.717) is 12.0 Å². The molecule has 0 bridgehead atoms. The van der Waals surface area contributed by atoms with E-state index in [9.17, 15) is 38.7 Å². The second-order valence-electron chi connectivity index (χ2n) is 15.9. The molecule has 1 heterocycles. The number of carbonyl (C=O) groups excluding carboxylic acids is 7. The molecule has 1 aliphatic heterocycles. The summed E-state index contributed by atoms with van der Waals surface area (Å²) >= 11 is 0. The van der Waals surface area contributed by atoms with Crippen LogP contribution in [0, 0.1) is 17.8 Å². The molecule has 59 heavy (non-hydrogen) atoms. The maximum Gasteiger partial charge on any atom is 0.334 e. The lowest BCUT2D eigenvalue weighted by Gasteiger charge is -2.33. The van der Waals surface area contributed by atoms with Gasteiger partial charge in [-0.25, -0.2) is 9.59 Å². The summed E-state index contributed by atoms with van der Waals surface area (Å²) in [5.74, 6) is -5.48. The van der Waals surface area contributed by atoms with Crippen molar-refractivity contribution in [3.05, 3.63) is 65.3 Å². The molecule has 0 aliphatic carbocycles. The van der Waals surface area contributed by atoms with E-state index in [0.717, 1.165) is 10.5 Å². The van der Waals surface area contributed by atoms with Gasteiger partial charge in [-0.05, 0) is 76.1 Å². The first kappa shape index (κ1) is 49.7. The van der Waals surface area contributed by atoms with Gasteiger partial charge < -0.3 is 40.3 Å². The molecule has 1 aliphatic rings. The fourth-order valence-corrected chi connectivity index (χ4v) is 6.31. The second-order valence-corrected chi connectivity index (χ2v) is 15.9. The van der Waals surface area contributed by atoms with E-state index in [1.807, 2.05) is 27.7 Å². The molecule has 0 fully saturated rings. The molecule has 8 atom stereocenters. The van der Waals surface area contributed by atoms with Gasteiger partial charge in [0, 0.05) is 32.0 Å². The van der Waals surface area contributed by atoms with Crippen LogP contribution in [0.15, 0.2) is 59.7 Å². The zero-order valence-electron chi connectivity index (χ0n) is 36.7. The monoisotopic (exact) mass is 823 g/mol. The number of hydrogen-bond donors (Lipinski definition) is 4. The van der Waals surface area contributed by atoms with Gasteiger partial charge in [0.1, 0.15) is 36.0 Å². The van der Waals surface area contributed by atoms with Gasteiger partial charge in [-0.3, -0.25) is 24.0 Å². The lowest BCUT2D eigenvalue weighted by molar-refractivity contribution is -0.154. The molecule has 1 aromatic rings. The number of nitrogens with one attached hydrogen (secondary N) is 3. The number of allylic oxidation sites excluding steroid dienone is 3. The maximum absolute atomic E-state index is 14.1. The van der Waals surface area contributed by atoms with E-state index in [2.05, 4.69) is 16.0 Å². The van der Waals surface area contributed by atoms with E-state index < -0.39 is 84.4 Å². The molecule has 0 radical (unpaired) electrons. The Hall–Kier alpha value is -5.47. The van der Waals surface area contributed by atoms with Crippen LogP contribution in [-0.4, -0.2) is 113 Å². The van der Waals surface area contributed by atoms with Crippen molar-refractivity contribution < 1.29 is 48.1 Å². The van der Waals surface area contributed by atoms with E-state index in [1.165, 1.54) is 58.0 Å². The average molecular weight is 824 g/mol. The van der Waals surface area contributed by atoms with Crippen LogP contribution < -0.4 is 16.0 Å². The zero-order chi connectivity index (χ0) is 44.7. The third-order valence-electron chi connectivity index (χ3n) is 10.4. The predicted octanol–water partition coefficient (Wildman–Crippen LogP) is 3.75. The van der Waals surface area contributed by atoms with Gasteiger partial charge in [0.25, 0.3) is 5.91 Å². The second kappa shape index (κ2) is 23.2. The summed E-state index contributed by atoms with van der Waals surface area (Å²) in [6.07, 6.45) is 5.39. The van der Waals surface area contributed by atoms with E-state index in [4.69, 9.17) is 9.47 Å². The highest BCUT2D eigenvalue weighted by Crippen LogP contribution is 2.21. The third-order valence-corrected chi connectivity index (χ3v) is 10.4. The quantitative estimate of drug-likeness (QED) is 0.232. The highest BCUT2D eigenvalue weighted by molar-refractivity contribution is 5.96. The van der Waals surface area contributed by atoms with Gasteiger partial charge >= 0.3 is 11.9 Å². The number of ether oxygens (including phenoxy) is 2. The molecule has 4 N–H and O–H groups in total. The smallest absolute Gasteiger partial charge is 0.334 e. The average Bonchev–Trinajstić information content (AvgIpc) is 3.18. The van der Waals surface area contributed by atoms with Crippen molar-refractivity contribution in [3.8, 4) is 5.75 Å². The van der Waals surface area contributed by atoms with Crippen molar-refractivity contribution in [1.82, 2.24) is 25.8 Å². The Morgan fingerprint density at radius 2 is 1.51 bits per heavy atom. The van der Waals surface area contributed by atoms with Crippen molar-refractivity contribution in [3.63, 3.8) is 0 Å². The first-order valence-electron chi connectivity index (χ1n) is 20.2. The van der Waals surface area contributed by atoms with Crippen LogP contribution in [0.5, 0.6) is 5.75 Å². The zero-order valence-corrected chi connectivity index (χ0v) is 36.7. The van der Waals surface area contributed by atoms with Gasteiger partial charge in [0.15, 0.2) is 6.10 Å². The summed E-state index contributed by atoms with van der Waals surface area (Å²) in [6, 6.07) is 1.58. The van der Waals surface area contributed by atoms with Crippen molar-refractivity contribution in [2.75, 3.05) is 20.6 Å². The van der Waals surface area contributed by atoms with E-state index in [1.54, 1.807) is 51.1 Å². The van der Waals surface area contributed by atoms with Gasteiger partial charge in [0.05, 0.1) is 6.54 Å². The normalized spacial score (nSPS) is 27.8. The Kier molecular flexibility index (Phi) is 19.5. The van der Waals surface area contributed by atoms with Crippen LogP contribution in [0.1, 0.15) is 87.6 Å². The van der Waals surface area contributed by atoms with Crippen LogP contribution in [0.2, 0.25) is 0 Å². The molecule has 15 nitrogen and oxygen atoms in total. The van der Waals surface area contributed by atoms with E-state index in [-0.39, 0.29) is 41.9 Å². The molecule has 15 heteroatoms. The SMILES string of the molecule is C/C=C(\C)[C@H]1OC(=O)[C@@H](C)NC(=O)C(C(C)CC)NC(=O)CN(C)C(=O)[C@@H](Cc2ccc(O)cc2)N(C)C(=O)[C@H](C)NC(=O)[C@@H](CC(C)C)OC(=O)/C(C)=C/C=C/[C@@H]1C. The lowest BCUT2D eigenvalue weighted by atomic mass is 9.97. The van der Waals surface area contributed by atoms with Crippen molar-refractivity contribution in [2.24, 2.45) is 17.8 Å². The first-order chi connectivity index (χ1) is 27.6. The number of phenols is 1. The predicted molar refractivity (Wildman–Crippen MR) is 223 cm³/mol. The molecular formula is C44H65N5O10. The number of amides is 5. The number of nitrogens with zero attached hydrogens (tertiary/aromatic N) is 2. The number of esters is 2. The van der Waals surface area contributed by atoms with Gasteiger partial charge in [0.2, 0.25) is 23.6 Å². The van der Waals surface area contributed by atoms with Gasteiger partial charge in [-0.15, -0.1) is 0 Å². The molecule has 5 amide bonds. The topological polar surface area (TPSA) is 201 Å². The number of carbonyl (C=O) groups is 7. The number of rotatable bonds is 7. The lowest BCUT2D eigenvalue weighted by Crippen LogP contribution is -2.57. The van der Waals surface area contributed by atoms with Crippen LogP contribution in [0.25, 0.3) is 0 Å². The maximum atomic E-state index is 14.1. The highest BCUT2D eigenvalue weighted by Gasteiger charge is 2.36. The minimum absolute atomic E-state index is 0.00178. The molecule has 326 valence electrons. The van der Waals surface area contributed by atoms with Crippen LogP contribution in [0.3, 0.4) is 0 Å². The van der Waals surface area contributed by atoms with Crippen molar-refractivity contribution in [1.29, 1.82) is 0 Å². The molecule has 0 saturated carbocycles. The molecule has 0 saturated heterocycles. The van der Waals surface area contributed by atoms with E-state index >= 15 is 0 Å². The molecule has 2 rings (SSSR count). The Morgan fingerprint density at radius 3 is 2.08 bits per heavy atom. The summed E-state index contributed by atoms with van der Waals surface area (Å²) in [7, 11) is 2.80. The summed E-state index contributed by atoms with van der Waals surface area (Å²) in [5, 5.41) is 17.9. The summed E-state index contributed by atoms with van der Waals surface area (Å²) in [6.45, 7) is 16.8. The van der Waals surface area contributed by atoms with Crippen LogP contribution in [0.4, 0.5) is 0 Å². The number of cyclic esters (lactones) is 2. The molecular weight excluding hydrogens is 759 g/mol. The Morgan fingerprint density at radius 1 is 0.898 bits per heavy atom. The van der Waals surface area contributed by atoms with Gasteiger partial charge in [-0.1, -0.05) is 77.5 Å². The first-order valence-corrected chi connectivity index (χ1v) is 20.2. The highest BCUT2D eigenvalue weighted by atomic mass is 16.6. The summed E-state index contributed by atoms with van der Waals surface area (Å²) < 4.78 is 11.6. The third kappa shape index (κ3) is 15.0. The Bertz CT molecular complexity index is 1750. The minimum atomic E-state index is -1.24. The summed E-state index contributed by atoms with van der Waals surface area (Å²) in [5.41, 5.74) is 1.54. The molecule has 2 unspecified atom stereocenters. The Labute approximate surface area is 349 Å². The standard InChI is InChI=1S/C44H65N5O10/c1-13-26(5)37-40(53)46-31(10)44(57)59-38(27(6)14-2)28(7)16-15-17-29(8)43(56)58-35(22-25(3)4)39(52)45-30(9)41(54)49(12)34(23-32-18-20-33(50)21-19-32)42(55)48(11)24-36(51)47-37/h14-21,25-26,28,30-31,34-35,37-38,50H,13,22-24H2,1-12H3,(H,45,52)(H,46,53)(H,47,51)/b16-15+,27-14+,29-17+/t26?,28-,30-,31+,34+,35+,37?,38+/m0/s1. The fraction of sp³-hybridized carbons (Fsp3) is 0.568. The largest absolute Gasteiger partial charge is 0.508 e. The van der Waals surface area contributed by atoms with Gasteiger partial charge in [-0.2, -0.15) is 0 Å². The Balaban J connectivity index is 2.63. The minimum Gasteiger partial charge on any atom is -0.508 e. The van der Waals surface area contributed by atoms with Crippen LogP contribution in [-0.2, 0) is 49.5 Å². The van der Waals surface area contributed by atoms with Crippen molar-refractivity contribution >= 4 is 41.5 Å². The van der Waals surface area contributed by atoms with Crippen LogP contribution >= 0.6 is 0 Å². The number of aromatic hydroxyl groups is 1. The molecule has 0 spiro atoms. The molecule has 0 aromatic heterocycles. The summed E-state index contributed by atoms with van der Waals surface area (Å²) in [4.78, 5) is 97.8. The number of phenolic OH excluding ortho intramolecular Hbond substituents is 1. The fourth-order valence-electron chi connectivity index (χ4n) is 6.31.